The van der Waals surface area contributed by atoms with E-state index < -0.39 is 10.9 Å². The van der Waals surface area contributed by atoms with Gasteiger partial charge >= 0.3 is 11.7 Å². The molecule has 1 N–H and O–H groups in total. The summed E-state index contributed by atoms with van der Waals surface area (Å²) >= 11 is 0. The van der Waals surface area contributed by atoms with Crippen molar-refractivity contribution in [1.29, 1.82) is 0 Å². The van der Waals surface area contributed by atoms with Gasteiger partial charge in [-0.15, -0.1) is 0 Å². The van der Waals surface area contributed by atoms with Gasteiger partial charge in [0.15, 0.2) is 0 Å². The fraction of sp³-hybridized carbons (Fsp3) is 0.133. The lowest BCUT2D eigenvalue weighted by Gasteiger charge is -2.10. The molecule has 0 amide bonds. The topological polar surface area (TPSA) is 89.7 Å². The van der Waals surface area contributed by atoms with Gasteiger partial charge in [0.25, 0.3) is 0 Å². The molecular formula is C15H13NO5. The Hall–Kier alpha value is -2.89. The van der Waals surface area contributed by atoms with E-state index in [1.54, 1.807) is 26.0 Å². The number of hydrogen-bond donors (Lipinski definition) is 1. The quantitative estimate of drug-likeness (QED) is 0.684. The summed E-state index contributed by atoms with van der Waals surface area (Å²) in [6.07, 6.45) is 0. The number of hydrogen-bond acceptors (Lipinski definition) is 4. The van der Waals surface area contributed by atoms with Gasteiger partial charge in [-0.25, -0.2) is 4.79 Å². The molecule has 0 aromatic heterocycles. The highest BCUT2D eigenvalue weighted by atomic mass is 16.6. The Morgan fingerprint density at radius 3 is 2.57 bits per heavy atom. The largest absolute Gasteiger partial charge is 0.478 e. The van der Waals surface area contributed by atoms with Crippen LogP contribution < -0.4 is 4.74 Å². The van der Waals surface area contributed by atoms with Crippen molar-refractivity contribution in [2.75, 3.05) is 0 Å². The van der Waals surface area contributed by atoms with Crippen molar-refractivity contribution in [1.82, 2.24) is 0 Å². The number of carbonyl (C=O) groups is 1. The van der Waals surface area contributed by atoms with Crippen molar-refractivity contribution >= 4 is 11.7 Å². The summed E-state index contributed by atoms with van der Waals surface area (Å²) < 4.78 is 5.54. The maximum absolute atomic E-state index is 11.1. The molecule has 2 aromatic carbocycles. The van der Waals surface area contributed by atoms with Gasteiger partial charge in [0, 0.05) is 6.07 Å². The van der Waals surface area contributed by atoms with E-state index in [2.05, 4.69) is 0 Å². The summed E-state index contributed by atoms with van der Waals surface area (Å²) in [5, 5.41) is 20.1. The van der Waals surface area contributed by atoms with Crippen molar-refractivity contribution in [2.45, 2.75) is 13.8 Å². The number of rotatable bonds is 4. The standard InChI is InChI=1S/C15H13NO5/c1-9-6-10(2)14(13(7-9)16(19)20)21-12-5-3-4-11(8-12)15(17)18/h3-8H,1-2H3,(H,17,18). The van der Waals surface area contributed by atoms with E-state index in [1.165, 1.54) is 24.3 Å². The molecule has 2 aromatic rings. The summed E-state index contributed by atoms with van der Waals surface area (Å²) in [7, 11) is 0. The molecule has 108 valence electrons. The second kappa shape index (κ2) is 5.62. The van der Waals surface area contributed by atoms with Crippen LogP contribution in [0.25, 0.3) is 0 Å². The van der Waals surface area contributed by atoms with Gasteiger partial charge in [0.05, 0.1) is 10.5 Å². The first-order valence-corrected chi connectivity index (χ1v) is 6.15. The number of carboxylic acid groups (broad SMARTS) is 1. The van der Waals surface area contributed by atoms with E-state index >= 15 is 0 Å². The van der Waals surface area contributed by atoms with E-state index in [0.717, 1.165) is 5.56 Å². The van der Waals surface area contributed by atoms with Crippen molar-refractivity contribution in [2.24, 2.45) is 0 Å². The minimum Gasteiger partial charge on any atom is -0.478 e. The number of nitrogens with zero attached hydrogens (tertiary/aromatic N) is 1. The van der Waals surface area contributed by atoms with Crippen LogP contribution in [0.5, 0.6) is 11.5 Å². The Morgan fingerprint density at radius 2 is 1.95 bits per heavy atom. The number of nitro benzene ring substituents is 1. The van der Waals surface area contributed by atoms with Gasteiger partial charge in [-0.3, -0.25) is 10.1 Å². The fourth-order valence-electron chi connectivity index (χ4n) is 2.01. The molecule has 0 aliphatic heterocycles. The summed E-state index contributed by atoms with van der Waals surface area (Å²) in [6.45, 7) is 3.46. The zero-order valence-corrected chi connectivity index (χ0v) is 11.5. The molecule has 0 saturated carbocycles. The van der Waals surface area contributed by atoms with Crippen LogP contribution in [-0.2, 0) is 0 Å². The molecule has 6 heteroatoms. The fourth-order valence-corrected chi connectivity index (χ4v) is 2.01. The lowest BCUT2D eigenvalue weighted by molar-refractivity contribution is -0.385. The van der Waals surface area contributed by atoms with E-state index in [1.807, 2.05) is 0 Å². The average molecular weight is 287 g/mol. The first-order chi connectivity index (χ1) is 9.88. The SMILES string of the molecule is Cc1cc(C)c(Oc2cccc(C(=O)O)c2)c([N+](=O)[O-])c1. The first kappa shape index (κ1) is 14.5. The van der Waals surface area contributed by atoms with Crippen LogP contribution in [0.1, 0.15) is 21.5 Å². The molecule has 0 atom stereocenters. The maximum atomic E-state index is 11.1. The summed E-state index contributed by atoms with van der Waals surface area (Å²) in [5.74, 6) is -0.728. The van der Waals surface area contributed by atoms with Crippen LogP contribution in [0, 0.1) is 24.0 Å². The predicted molar refractivity (Wildman–Crippen MR) is 76.0 cm³/mol. The lowest BCUT2D eigenvalue weighted by Crippen LogP contribution is -1.99. The molecule has 0 radical (unpaired) electrons. The number of aryl methyl sites for hydroxylation is 2. The van der Waals surface area contributed by atoms with Gasteiger partial charge < -0.3 is 9.84 Å². The van der Waals surface area contributed by atoms with E-state index in [0.29, 0.717) is 5.56 Å². The number of ether oxygens (including phenoxy) is 1. The summed E-state index contributed by atoms with van der Waals surface area (Å²) in [5.41, 5.74) is 1.28. The Bertz CT molecular complexity index is 724. The van der Waals surface area contributed by atoms with Gasteiger partial charge in [-0.1, -0.05) is 12.1 Å². The maximum Gasteiger partial charge on any atom is 0.335 e. The molecule has 2 rings (SSSR count). The van der Waals surface area contributed by atoms with Crippen LogP contribution in [0.4, 0.5) is 5.69 Å². The zero-order chi connectivity index (χ0) is 15.6. The monoisotopic (exact) mass is 287 g/mol. The molecular weight excluding hydrogens is 274 g/mol. The minimum absolute atomic E-state index is 0.0555. The molecule has 21 heavy (non-hydrogen) atoms. The average Bonchev–Trinajstić information content (AvgIpc) is 2.41. The number of benzene rings is 2. The molecule has 0 aliphatic rings. The highest BCUT2D eigenvalue weighted by Gasteiger charge is 2.19. The van der Waals surface area contributed by atoms with Gasteiger partial charge in [0.2, 0.25) is 5.75 Å². The third kappa shape index (κ3) is 3.17. The smallest absolute Gasteiger partial charge is 0.335 e. The van der Waals surface area contributed by atoms with Crippen molar-refractivity contribution in [3.05, 3.63) is 63.2 Å². The Balaban J connectivity index is 2.46. The number of nitro groups is 1. The van der Waals surface area contributed by atoms with Crippen molar-refractivity contribution < 1.29 is 19.6 Å². The van der Waals surface area contributed by atoms with Gasteiger partial charge in [0.1, 0.15) is 5.75 Å². The van der Waals surface area contributed by atoms with Crippen LogP contribution in [-0.4, -0.2) is 16.0 Å². The Labute approximate surface area is 120 Å². The zero-order valence-electron chi connectivity index (χ0n) is 11.5. The first-order valence-electron chi connectivity index (χ1n) is 6.15. The van der Waals surface area contributed by atoms with Crippen LogP contribution in [0.15, 0.2) is 36.4 Å². The normalized spacial score (nSPS) is 10.2. The molecule has 0 bridgehead atoms. The highest BCUT2D eigenvalue weighted by molar-refractivity contribution is 5.88. The van der Waals surface area contributed by atoms with E-state index in [-0.39, 0.29) is 22.7 Å². The summed E-state index contributed by atoms with van der Waals surface area (Å²) in [6, 6.07) is 9.01. The van der Waals surface area contributed by atoms with Crippen molar-refractivity contribution in [3.8, 4) is 11.5 Å². The van der Waals surface area contributed by atoms with Crippen LogP contribution in [0.3, 0.4) is 0 Å². The lowest BCUT2D eigenvalue weighted by atomic mass is 10.1. The molecule has 0 unspecified atom stereocenters. The Kier molecular flexibility index (Phi) is 3.89. The number of carboxylic acids is 1. The predicted octanol–water partition coefficient (Wildman–Crippen LogP) is 3.70. The third-order valence-electron chi connectivity index (χ3n) is 2.90. The summed E-state index contributed by atoms with van der Waals surface area (Å²) in [4.78, 5) is 21.5. The van der Waals surface area contributed by atoms with Crippen molar-refractivity contribution in [3.63, 3.8) is 0 Å². The molecule has 6 nitrogen and oxygen atoms in total. The van der Waals surface area contributed by atoms with Gasteiger partial charge in [-0.2, -0.15) is 0 Å². The van der Waals surface area contributed by atoms with E-state index in [4.69, 9.17) is 9.84 Å². The van der Waals surface area contributed by atoms with Gasteiger partial charge in [-0.05, 0) is 43.2 Å². The second-order valence-corrected chi connectivity index (χ2v) is 4.62. The number of aromatic carboxylic acids is 1. The molecule has 0 saturated heterocycles. The molecule has 0 spiro atoms. The molecule has 0 aliphatic carbocycles. The van der Waals surface area contributed by atoms with Crippen LogP contribution in [0.2, 0.25) is 0 Å². The Morgan fingerprint density at radius 1 is 1.24 bits per heavy atom. The van der Waals surface area contributed by atoms with E-state index in [9.17, 15) is 14.9 Å². The molecule has 0 heterocycles. The minimum atomic E-state index is -1.09. The highest BCUT2D eigenvalue weighted by Crippen LogP contribution is 2.35. The third-order valence-corrected chi connectivity index (χ3v) is 2.90. The van der Waals surface area contributed by atoms with Crippen LogP contribution >= 0.6 is 0 Å². The molecule has 0 fully saturated rings. The second-order valence-electron chi connectivity index (χ2n) is 4.62.